The van der Waals surface area contributed by atoms with Crippen LogP contribution in [0, 0.1) is 5.92 Å². The quantitative estimate of drug-likeness (QED) is 0.852. The van der Waals surface area contributed by atoms with Gasteiger partial charge in [0.25, 0.3) is 5.91 Å². The Hall–Kier alpha value is -0.620. The van der Waals surface area contributed by atoms with Crippen molar-refractivity contribution in [3.63, 3.8) is 0 Å². The van der Waals surface area contributed by atoms with Gasteiger partial charge in [-0.15, -0.1) is 0 Å². The molecule has 4 nitrogen and oxygen atoms in total. The second-order valence-electron chi connectivity index (χ2n) is 5.34. The SMILES string of the molecule is NC1C2CCCOC2C1NC(=O)c1cc(Br)ccc1Cl. The van der Waals surface area contributed by atoms with Crippen molar-refractivity contribution in [3.05, 3.63) is 33.3 Å². The van der Waals surface area contributed by atoms with E-state index in [9.17, 15) is 4.79 Å². The van der Waals surface area contributed by atoms with E-state index in [2.05, 4.69) is 21.2 Å². The van der Waals surface area contributed by atoms with Gasteiger partial charge in [-0.3, -0.25) is 4.79 Å². The molecule has 20 heavy (non-hydrogen) atoms. The minimum Gasteiger partial charge on any atom is -0.376 e. The summed E-state index contributed by atoms with van der Waals surface area (Å²) in [6.07, 6.45) is 2.18. The smallest absolute Gasteiger partial charge is 0.253 e. The van der Waals surface area contributed by atoms with Crippen LogP contribution < -0.4 is 11.1 Å². The Bertz CT molecular complexity index is 540. The maximum absolute atomic E-state index is 12.3. The second-order valence-corrected chi connectivity index (χ2v) is 6.67. The number of hydrogen-bond donors (Lipinski definition) is 2. The van der Waals surface area contributed by atoms with Crippen LogP contribution in [0.2, 0.25) is 5.02 Å². The monoisotopic (exact) mass is 358 g/mol. The number of carbonyl (C=O) groups is 1. The topological polar surface area (TPSA) is 64.3 Å². The maximum Gasteiger partial charge on any atom is 0.253 e. The van der Waals surface area contributed by atoms with Crippen molar-refractivity contribution in [1.82, 2.24) is 5.32 Å². The number of nitrogens with two attached hydrogens (primary N) is 1. The van der Waals surface area contributed by atoms with Crippen LogP contribution >= 0.6 is 27.5 Å². The number of fused-ring (bicyclic) bond motifs is 1. The predicted molar refractivity (Wildman–Crippen MR) is 80.8 cm³/mol. The van der Waals surface area contributed by atoms with Gasteiger partial charge < -0.3 is 15.8 Å². The van der Waals surface area contributed by atoms with Crippen LogP contribution in [0.15, 0.2) is 22.7 Å². The summed E-state index contributed by atoms with van der Waals surface area (Å²) in [6, 6.07) is 5.05. The molecule has 1 saturated heterocycles. The first-order valence-corrected chi connectivity index (χ1v) is 7.88. The first-order valence-electron chi connectivity index (χ1n) is 6.71. The van der Waals surface area contributed by atoms with Gasteiger partial charge in [-0.1, -0.05) is 27.5 Å². The summed E-state index contributed by atoms with van der Waals surface area (Å²) in [5, 5.41) is 3.39. The zero-order chi connectivity index (χ0) is 14.3. The fourth-order valence-corrected chi connectivity index (χ4v) is 3.59. The van der Waals surface area contributed by atoms with Gasteiger partial charge in [0.1, 0.15) is 0 Å². The Morgan fingerprint density at radius 3 is 3.10 bits per heavy atom. The highest BCUT2D eigenvalue weighted by atomic mass is 79.9. The average Bonchev–Trinajstić information content (AvgIpc) is 2.46. The summed E-state index contributed by atoms with van der Waals surface area (Å²) < 4.78 is 6.53. The van der Waals surface area contributed by atoms with Gasteiger partial charge >= 0.3 is 0 Å². The van der Waals surface area contributed by atoms with E-state index in [1.54, 1.807) is 18.2 Å². The Labute approximate surface area is 131 Å². The fraction of sp³-hybridized carbons (Fsp3) is 0.500. The van der Waals surface area contributed by atoms with Crippen molar-refractivity contribution in [3.8, 4) is 0 Å². The number of carbonyl (C=O) groups excluding carboxylic acids is 1. The van der Waals surface area contributed by atoms with Gasteiger partial charge in [0.05, 0.1) is 22.7 Å². The molecule has 0 bridgehead atoms. The standard InChI is InChI=1S/C14H16BrClN2O2/c15-7-3-4-10(16)9(6-7)14(19)18-12-11(17)8-2-1-5-20-13(8)12/h3-4,6,8,11-13H,1-2,5,17H2,(H,18,19). The van der Waals surface area contributed by atoms with Crippen LogP contribution in [0.1, 0.15) is 23.2 Å². The predicted octanol–water partition coefficient (Wildman–Crippen LogP) is 2.34. The van der Waals surface area contributed by atoms with Crippen molar-refractivity contribution in [2.45, 2.75) is 31.0 Å². The minimum atomic E-state index is -0.204. The number of hydrogen-bond acceptors (Lipinski definition) is 3. The molecule has 1 aromatic rings. The lowest BCUT2D eigenvalue weighted by molar-refractivity contribution is -0.117. The summed E-state index contributed by atoms with van der Waals surface area (Å²) in [5.74, 6) is 0.163. The van der Waals surface area contributed by atoms with E-state index < -0.39 is 0 Å². The van der Waals surface area contributed by atoms with Gasteiger partial charge in [-0.05, 0) is 31.0 Å². The molecule has 0 radical (unpaired) electrons. The minimum absolute atomic E-state index is 0.0322. The molecule has 0 aromatic heterocycles. The second kappa shape index (κ2) is 5.64. The van der Waals surface area contributed by atoms with E-state index in [1.165, 1.54) is 0 Å². The summed E-state index contributed by atoms with van der Waals surface area (Å²) >= 11 is 9.41. The fourth-order valence-electron chi connectivity index (χ4n) is 3.03. The molecular weight excluding hydrogens is 344 g/mol. The molecule has 1 aliphatic carbocycles. The van der Waals surface area contributed by atoms with Crippen LogP contribution in [0.3, 0.4) is 0 Å². The number of halogens is 2. The third kappa shape index (κ3) is 2.48. The molecule has 2 fully saturated rings. The molecule has 1 amide bonds. The summed E-state index contributed by atoms with van der Waals surface area (Å²) in [4.78, 5) is 12.3. The van der Waals surface area contributed by atoms with Crippen molar-refractivity contribution < 1.29 is 9.53 Å². The zero-order valence-corrected chi connectivity index (χ0v) is 13.2. The van der Waals surface area contributed by atoms with Crippen LogP contribution in [-0.4, -0.2) is 30.7 Å². The van der Waals surface area contributed by atoms with E-state index in [0.29, 0.717) is 16.5 Å². The van der Waals surface area contributed by atoms with E-state index in [-0.39, 0.29) is 24.1 Å². The largest absolute Gasteiger partial charge is 0.376 e. The van der Waals surface area contributed by atoms with Crippen molar-refractivity contribution in [2.24, 2.45) is 11.7 Å². The molecule has 1 heterocycles. The molecule has 3 N–H and O–H groups in total. The van der Waals surface area contributed by atoms with Gasteiger partial charge in [-0.25, -0.2) is 0 Å². The molecule has 1 aliphatic heterocycles. The molecule has 2 aliphatic rings. The Morgan fingerprint density at radius 1 is 1.50 bits per heavy atom. The van der Waals surface area contributed by atoms with Crippen LogP contribution in [0.5, 0.6) is 0 Å². The van der Waals surface area contributed by atoms with E-state index >= 15 is 0 Å². The molecule has 1 saturated carbocycles. The summed E-state index contributed by atoms with van der Waals surface area (Å²) in [7, 11) is 0. The van der Waals surface area contributed by atoms with Crippen LogP contribution in [-0.2, 0) is 4.74 Å². The molecular formula is C14H16BrClN2O2. The molecule has 108 valence electrons. The van der Waals surface area contributed by atoms with Gasteiger partial charge in [0, 0.05) is 23.0 Å². The van der Waals surface area contributed by atoms with Gasteiger partial charge in [0.2, 0.25) is 0 Å². The number of benzene rings is 1. The third-order valence-electron chi connectivity index (χ3n) is 4.15. The number of ether oxygens (including phenoxy) is 1. The zero-order valence-electron chi connectivity index (χ0n) is 10.8. The summed E-state index contributed by atoms with van der Waals surface area (Å²) in [6.45, 7) is 0.748. The van der Waals surface area contributed by atoms with Gasteiger partial charge in [-0.2, -0.15) is 0 Å². The Morgan fingerprint density at radius 2 is 2.30 bits per heavy atom. The van der Waals surface area contributed by atoms with E-state index in [1.807, 2.05) is 0 Å². The first kappa shape index (κ1) is 14.3. The lowest BCUT2D eigenvalue weighted by atomic mass is 9.68. The van der Waals surface area contributed by atoms with E-state index in [0.717, 1.165) is 23.9 Å². The Kier molecular flexibility index (Phi) is 4.04. The summed E-state index contributed by atoms with van der Waals surface area (Å²) in [5.41, 5.74) is 6.59. The number of amides is 1. The van der Waals surface area contributed by atoms with E-state index in [4.69, 9.17) is 22.1 Å². The molecule has 6 heteroatoms. The normalized spacial score (nSPS) is 32.1. The van der Waals surface area contributed by atoms with Crippen LogP contribution in [0.25, 0.3) is 0 Å². The number of nitrogens with one attached hydrogen (secondary N) is 1. The molecule has 3 rings (SSSR count). The number of rotatable bonds is 2. The third-order valence-corrected chi connectivity index (χ3v) is 4.97. The van der Waals surface area contributed by atoms with Crippen molar-refractivity contribution in [2.75, 3.05) is 6.61 Å². The Balaban J connectivity index is 1.71. The van der Waals surface area contributed by atoms with Crippen molar-refractivity contribution in [1.29, 1.82) is 0 Å². The maximum atomic E-state index is 12.3. The lowest BCUT2D eigenvalue weighted by Gasteiger charge is -2.52. The molecule has 1 aromatic carbocycles. The van der Waals surface area contributed by atoms with Crippen molar-refractivity contribution >= 4 is 33.4 Å². The first-order chi connectivity index (χ1) is 9.58. The highest BCUT2D eigenvalue weighted by Gasteiger charge is 2.51. The van der Waals surface area contributed by atoms with Gasteiger partial charge in [0.15, 0.2) is 0 Å². The highest BCUT2D eigenvalue weighted by molar-refractivity contribution is 9.10. The molecule has 4 atom stereocenters. The molecule has 4 unspecified atom stereocenters. The highest BCUT2D eigenvalue weighted by Crippen LogP contribution is 2.37. The average molecular weight is 360 g/mol. The van der Waals surface area contributed by atoms with Crippen LogP contribution in [0.4, 0.5) is 0 Å². The molecule has 0 spiro atoms. The lowest BCUT2D eigenvalue weighted by Crippen LogP contribution is -2.72.